The number of nitrogens with one attached hydrogen (secondary N) is 1. The fourth-order valence-corrected chi connectivity index (χ4v) is 1.47. The molecule has 1 aromatic heterocycles. The van der Waals surface area contributed by atoms with Crippen LogP contribution in [0, 0.1) is 0 Å². The van der Waals surface area contributed by atoms with Crippen molar-refractivity contribution in [3.63, 3.8) is 0 Å². The minimum Gasteiger partial charge on any atom is -0.352 e. The molecule has 13 heavy (non-hydrogen) atoms. The standard InChI is InChI=1S/C10H8ClNO/c11-8-2-1-7-5-9(6-13)12-10(7)4-3-8/h1,3-6,12H,2H2. The molecule has 66 valence electrons. The Hall–Kier alpha value is -1.28. The van der Waals surface area contributed by atoms with E-state index in [0.29, 0.717) is 5.69 Å². The number of carbonyl (C=O) groups excluding carboxylic acids is 1. The van der Waals surface area contributed by atoms with Gasteiger partial charge in [0.05, 0.1) is 5.69 Å². The Morgan fingerprint density at radius 2 is 2.31 bits per heavy atom. The van der Waals surface area contributed by atoms with E-state index in [4.69, 9.17) is 11.6 Å². The van der Waals surface area contributed by atoms with Crippen LogP contribution in [0.25, 0.3) is 12.2 Å². The third kappa shape index (κ3) is 1.58. The number of H-pyrrole nitrogens is 1. The molecule has 3 heteroatoms. The molecule has 0 spiro atoms. The quantitative estimate of drug-likeness (QED) is 0.661. The number of rotatable bonds is 1. The van der Waals surface area contributed by atoms with E-state index in [1.165, 1.54) is 0 Å². The van der Waals surface area contributed by atoms with Crippen molar-refractivity contribution < 1.29 is 4.79 Å². The summed E-state index contributed by atoms with van der Waals surface area (Å²) >= 11 is 5.86. The van der Waals surface area contributed by atoms with Gasteiger partial charge in [0.1, 0.15) is 0 Å². The van der Waals surface area contributed by atoms with E-state index < -0.39 is 0 Å². The normalized spacial score (nSPS) is 14.7. The fourth-order valence-electron chi connectivity index (χ4n) is 1.33. The monoisotopic (exact) mass is 193 g/mol. The zero-order valence-electron chi connectivity index (χ0n) is 6.88. The van der Waals surface area contributed by atoms with E-state index in [-0.39, 0.29) is 0 Å². The van der Waals surface area contributed by atoms with Crippen molar-refractivity contribution in [1.82, 2.24) is 4.98 Å². The van der Waals surface area contributed by atoms with Gasteiger partial charge in [-0.2, -0.15) is 0 Å². The molecule has 2 nitrogen and oxygen atoms in total. The maximum absolute atomic E-state index is 10.5. The zero-order chi connectivity index (χ0) is 9.26. The van der Waals surface area contributed by atoms with Crippen LogP contribution in [0.1, 0.15) is 16.9 Å². The first-order valence-electron chi connectivity index (χ1n) is 4.00. The number of aromatic nitrogens is 1. The summed E-state index contributed by atoms with van der Waals surface area (Å²) in [4.78, 5) is 13.5. The Labute approximate surface area is 80.2 Å². The molecule has 1 aliphatic carbocycles. The lowest BCUT2D eigenvalue weighted by Gasteiger charge is -1.85. The third-order valence-electron chi connectivity index (χ3n) is 1.98. The van der Waals surface area contributed by atoms with Crippen molar-refractivity contribution in [2.24, 2.45) is 0 Å². The van der Waals surface area contributed by atoms with E-state index in [9.17, 15) is 4.79 Å². The largest absolute Gasteiger partial charge is 0.352 e. The molecule has 0 saturated carbocycles. The van der Waals surface area contributed by atoms with Gasteiger partial charge in [0, 0.05) is 16.8 Å². The fraction of sp³-hybridized carbons (Fsp3) is 0.100. The molecule has 0 radical (unpaired) electrons. The lowest BCUT2D eigenvalue weighted by molar-refractivity contribution is 0.111. The van der Waals surface area contributed by atoms with E-state index in [1.54, 1.807) is 0 Å². The second kappa shape index (κ2) is 3.23. The van der Waals surface area contributed by atoms with E-state index in [0.717, 1.165) is 28.3 Å². The van der Waals surface area contributed by atoms with Crippen LogP contribution in [-0.2, 0) is 0 Å². The molecule has 0 aromatic carbocycles. The number of aldehydes is 1. The van der Waals surface area contributed by atoms with Crippen LogP contribution in [0.5, 0.6) is 0 Å². The first kappa shape index (κ1) is 8.32. The van der Waals surface area contributed by atoms with Gasteiger partial charge in [-0.05, 0) is 23.4 Å². The van der Waals surface area contributed by atoms with Crippen LogP contribution < -0.4 is 10.6 Å². The molecule has 1 heterocycles. The first-order valence-corrected chi connectivity index (χ1v) is 4.38. The predicted octanol–water partition coefficient (Wildman–Crippen LogP) is 0.915. The predicted molar refractivity (Wildman–Crippen MR) is 52.9 cm³/mol. The van der Waals surface area contributed by atoms with Gasteiger partial charge in [0.25, 0.3) is 0 Å². The smallest absolute Gasteiger partial charge is 0.166 e. The van der Waals surface area contributed by atoms with Crippen LogP contribution in [0.15, 0.2) is 17.2 Å². The van der Waals surface area contributed by atoms with Crippen LogP contribution in [0.4, 0.5) is 0 Å². The number of halogens is 1. The lowest BCUT2D eigenvalue weighted by atomic mass is 10.3. The van der Waals surface area contributed by atoms with Gasteiger partial charge in [-0.15, -0.1) is 0 Å². The second-order valence-corrected chi connectivity index (χ2v) is 3.39. The van der Waals surface area contributed by atoms with Gasteiger partial charge in [0.15, 0.2) is 6.29 Å². The van der Waals surface area contributed by atoms with Crippen molar-refractivity contribution in [2.75, 3.05) is 0 Å². The molecule has 0 atom stereocenters. The number of allylic oxidation sites excluding steroid dienone is 2. The molecule has 0 saturated heterocycles. The van der Waals surface area contributed by atoms with Gasteiger partial charge in [-0.3, -0.25) is 4.79 Å². The number of fused-ring (bicyclic) bond motifs is 1. The number of aromatic amines is 1. The first-order chi connectivity index (χ1) is 6.29. The summed E-state index contributed by atoms with van der Waals surface area (Å²) < 4.78 is 0. The van der Waals surface area contributed by atoms with Crippen LogP contribution >= 0.6 is 11.6 Å². The van der Waals surface area contributed by atoms with Crippen molar-refractivity contribution >= 4 is 30.0 Å². The van der Waals surface area contributed by atoms with Crippen LogP contribution in [0.3, 0.4) is 0 Å². The second-order valence-electron chi connectivity index (χ2n) is 2.90. The number of hydrogen-bond donors (Lipinski definition) is 1. The summed E-state index contributed by atoms with van der Waals surface area (Å²) in [5.41, 5.74) is 0.601. The van der Waals surface area contributed by atoms with Crippen LogP contribution in [0.2, 0.25) is 0 Å². The zero-order valence-corrected chi connectivity index (χ0v) is 7.64. The molecule has 0 amide bonds. The minimum atomic E-state index is 0.601. The number of hydrogen-bond acceptors (Lipinski definition) is 1. The average molecular weight is 194 g/mol. The van der Waals surface area contributed by atoms with Gasteiger partial charge >= 0.3 is 0 Å². The highest BCUT2D eigenvalue weighted by molar-refractivity contribution is 6.30. The molecule has 1 aliphatic rings. The highest BCUT2D eigenvalue weighted by atomic mass is 35.5. The minimum absolute atomic E-state index is 0.601. The van der Waals surface area contributed by atoms with Gasteiger partial charge in [-0.1, -0.05) is 17.7 Å². The Bertz CT molecular complexity index is 482. The maximum atomic E-state index is 10.5. The summed E-state index contributed by atoms with van der Waals surface area (Å²) in [5, 5.41) is 2.78. The van der Waals surface area contributed by atoms with E-state index in [2.05, 4.69) is 4.98 Å². The SMILES string of the molecule is O=Cc1cc2c([nH]1)=CC=C(Cl)CC=2. The highest BCUT2D eigenvalue weighted by Gasteiger charge is 1.97. The lowest BCUT2D eigenvalue weighted by Crippen LogP contribution is -2.20. The summed E-state index contributed by atoms with van der Waals surface area (Å²) in [6, 6.07) is 1.82. The molecule has 0 bridgehead atoms. The summed E-state index contributed by atoms with van der Waals surface area (Å²) in [6.07, 6.45) is 7.26. The Kier molecular flexibility index (Phi) is 2.07. The van der Waals surface area contributed by atoms with Crippen molar-refractivity contribution in [2.45, 2.75) is 6.42 Å². The molecule has 0 unspecified atom stereocenters. The van der Waals surface area contributed by atoms with Crippen molar-refractivity contribution in [3.05, 3.63) is 33.4 Å². The summed E-state index contributed by atoms with van der Waals surface area (Å²) in [6.45, 7) is 0. The maximum Gasteiger partial charge on any atom is 0.166 e. The molecular weight excluding hydrogens is 186 g/mol. The molecule has 1 N–H and O–H groups in total. The van der Waals surface area contributed by atoms with Gasteiger partial charge in [0.2, 0.25) is 0 Å². The van der Waals surface area contributed by atoms with Crippen LogP contribution in [-0.4, -0.2) is 11.3 Å². The van der Waals surface area contributed by atoms with Crippen molar-refractivity contribution in [3.8, 4) is 0 Å². The highest BCUT2D eigenvalue weighted by Crippen LogP contribution is 2.08. The topological polar surface area (TPSA) is 32.9 Å². The molecule has 2 rings (SSSR count). The molecular formula is C10H8ClNO. The average Bonchev–Trinajstić information content (AvgIpc) is 2.47. The molecule has 1 aromatic rings. The van der Waals surface area contributed by atoms with Crippen molar-refractivity contribution in [1.29, 1.82) is 0 Å². The summed E-state index contributed by atoms with van der Waals surface area (Å²) in [5.74, 6) is 0. The van der Waals surface area contributed by atoms with E-state index >= 15 is 0 Å². The third-order valence-corrected chi connectivity index (χ3v) is 2.26. The van der Waals surface area contributed by atoms with Gasteiger partial charge in [-0.25, -0.2) is 0 Å². The summed E-state index contributed by atoms with van der Waals surface area (Å²) in [7, 11) is 0. The van der Waals surface area contributed by atoms with E-state index in [1.807, 2.05) is 24.3 Å². The molecule has 0 fully saturated rings. The number of carbonyl (C=O) groups is 1. The Balaban J connectivity index is 2.67. The Morgan fingerprint density at radius 1 is 1.46 bits per heavy atom. The molecule has 0 aliphatic heterocycles. The Morgan fingerprint density at radius 3 is 3.08 bits per heavy atom. The van der Waals surface area contributed by atoms with Gasteiger partial charge < -0.3 is 4.98 Å².